The summed E-state index contributed by atoms with van der Waals surface area (Å²) in [5.74, 6) is 0.768. The number of carbonyl (C=O) groups excluding carboxylic acids is 2. The Bertz CT molecular complexity index is 792. The Morgan fingerprint density at radius 3 is 2.17 bits per heavy atom. The van der Waals surface area contributed by atoms with E-state index in [1.807, 2.05) is 12.1 Å². The molecule has 29 heavy (non-hydrogen) atoms. The van der Waals surface area contributed by atoms with Crippen molar-refractivity contribution < 1.29 is 19.1 Å². The Morgan fingerprint density at radius 1 is 0.828 bits per heavy atom. The summed E-state index contributed by atoms with van der Waals surface area (Å²) in [5.41, 5.74) is 1.26. The summed E-state index contributed by atoms with van der Waals surface area (Å²) in [7, 11) is 1.55. The van der Waals surface area contributed by atoms with E-state index in [0.29, 0.717) is 29.3 Å². The quantitative estimate of drug-likeness (QED) is 0.493. The number of ether oxygens (including phenoxy) is 2. The molecule has 156 valence electrons. The molecule has 2 rings (SSSR count). The molecule has 0 aliphatic carbocycles. The second-order valence-corrected chi connectivity index (χ2v) is 6.78. The SMILES string of the molecule is CCCCCCCC(=O)Nc1cccc(NC(=O)COc2ccccc2OC)c1. The fraction of sp³-hybridized carbons (Fsp3) is 0.391. The van der Waals surface area contributed by atoms with E-state index in [1.165, 1.54) is 19.3 Å². The molecule has 0 heterocycles. The minimum absolute atomic E-state index is 0.00974. The predicted molar refractivity (Wildman–Crippen MR) is 116 cm³/mol. The summed E-state index contributed by atoms with van der Waals surface area (Å²) in [6.45, 7) is 2.03. The highest BCUT2D eigenvalue weighted by atomic mass is 16.5. The molecule has 0 bridgehead atoms. The molecule has 2 aromatic carbocycles. The van der Waals surface area contributed by atoms with E-state index < -0.39 is 0 Å². The van der Waals surface area contributed by atoms with Gasteiger partial charge in [0, 0.05) is 17.8 Å². The van der Waals surface area contributed by atoms with E-state index >= 15 is 0 Å². The van der Waals surface area contributed by atoms with Gasteiger partial charge in [-0.2, -0.15) is 0 Å². The highest BCUT2D eigenvalue weighted by Gasteiger charge is 2.08. The second kappa shape index (κ2) is 12.4. The zero-order valence-corrected chi connectivity index (χ0v) is 17.2. The summed E-state index contributed by atoms with van der Waals surface area (Å²) in [6.07, 6.45) is 6.04. The lowest BCUT2D eigenvalue weighted by Crippen LogP contribution is -2.20. The lowest BCUT2D eigenvalue weighted by Gasteiger charge is -2.11. The number of benzene rings is 2. The van der Waals surface area contributed by atoms with Crippen LogP contribution in [0.3, 0.4) is 0 Å². The van der Waals surface area contributed by atoms with E-state index in [1.54, 1.807) is 43.5 Å². The van der Waals surface area contributed by atoms with E-state index in [9.17, 15) is 9.59 Å². The number of para-hydroxylation sites is 2. The fourth-order valence-electron chi connectivity index (χ4n) is 2.87. The number of unbranched alkanes of at least 4 members (excludes halogenated alkanes) is 4. The summed E-state index contributed by atoms with van der Waals surface area (Å²) in [5, 5.41) is 5.65. The lowest BCUT2D eigenvalue weighted by atomic mass is 10.1. The van der Waals surface area contributed by atoms with E-state index in [0.717, 1.165) is 12.8 Å². The number of rotatable bonds is 12. The number of methoxy groups -OCH3 is 1. The van der Waals surface area contributed by atoms with Crippen LogP contribution in [0.5, 0.6) is 11.5 Å². The van der Waals surface area contributed by atoms with Crippen molar-refractivity contribution >= 4 is 23.2 Å². The maximum atomic E-state index is 12.2. The molecule has 0 aliphatic rings. The molecule has 2 aromatic rings. The van der Waals surface area contributed by atoms with Gasteiger partial charge in [-0.1, -0.05) is 50.8 Å². The minimum atomic E-state index is -0.296. The molecule has 6 nitrogen and oxygen atoms in total. The van der Waals surface area contributed by atoms with Gasteiger partial charge < -0.3 is 20.1 Å². The Hall–Kier alpha value is -3.02. The Balaban J connectivity index is 1.79. The first-order valence-corrected chi connectivity index (χ1v) is 10.1. The monoisotopic (exact) mass is 398 g/mol. The number of hydrogen-bond acceptors (Lipinski definition) is 4. The van der Waals surface area contributed by atoms with Gasteiger partial charge in [0.15, 0.2) is 18.1 Å². The zero-order chi connectivity index (χ0) is 20.9. The lowest BCUT2D eigenvalue weighted by molar-refractivity contribution is -0.118. The number of anilines is 2. The molecule has 2 N–H and O–H groups in total. The van der Waals surface area contributed by atoms with Gasteiger partial charge in [0.1, 0.15) is 0 Å². The average Bonchev–Trinajstić information content (AvgIpc) is 2.72. The molecule has 0 fully saturated rings. The molecule has 2 amide bonds. The van der Waals surface area contributed by atoms with Crippen LogP contribution in [-0.2, 0) is 9.59 Å². The second-order valence-electron chi connectivity index (χ2n) is 6.78. The summed E-state index contributed by atoms with van der Waals surface area (Å²) >= 11 is 0. The topological polar surface area (TPSA) is 76.7 Å². The molecular formula is C23H30N2O4. The molecule has 0 unspecified atom stereocenters. The maximum Gasteiger partial charge on any atom is 0.262 e. The van der Waals surface area contributed by atoms with E-state index in [-0.39, 0.29) is 18.4 Å². The van der Waals surface area contributed by atoms with Gasteiger partial charge in [-0.25, -0.2) is 0 Å². The third-order valence-electron chi connectivity index (χ3n) is 4.37. The predicted octanol–water partition coefficient (Wildman–Crippen LogP) is 5.01. The van der Waals surface area contributed by atoms with Crippen molar-refractivity contribution in [2.24, 2.45) is 0 Å². The number of hydrogen-bond donors (Lipinski definition) is 2. The Morgan fingerprint density at radius 2 is 1.48 bits per heavy atom. The number of nitrogens with one attached hydrogen (secondary N) is 2. The van der Waals surface area contributed by atoms with Gasteiger partial charge >= 0.3 is 0 Å². The van der Waals surface area contributed by atoms with Crippen LogP contribution < -0.4 is 20.1 Å². The molecule has 0 spiro atoms. The largest absolute Gasteiger partial charge is 0.493 e. The van der Waals surface area contributed by atoms with Crippen molar-refractivity contribution in [3.05, 3.63) is 48.5 Å². The van der Waals surface area contributed by atoms with Crippen LogP contribution in [0.1, 0.15) is 45.4 Å². The molecule has 0 saturated carbocycles. The van der Waals surface area contributed by atoms with Crippen molar-refractivity contribution in [2.45, 2.75) is 45.4 Å². The molecule has 0 saturated heterocycles. The van der Waals surface area contributed by atoms with Gasteiger partial charge in [0.25, 0.3) is 5.91 Å². The fourth-order valence-corrected chi connectivity index (χ4v) is 2.87. The first-order valence-electron chi connectivity index (χ1n) is 10.1. The molecule has 0 aliphatic heterocycles. The first kappa shape index (κ1) is 22.3. The van der Waals surface area contributed by atoms with Crippen molar-refractivity contribution in [3.8, 4) is 11.5 Å². The van der Waals surface area contributed by atoms with Crippen molar-refractivity contribution in [2.75, 3.05) is 24.4 Å². The van der Waals surface area contributed by atoms with E-state index in [4.69, 9.17) is 9.47 Å². The van der Waals surface area contributed by atoms with Crippen LogP contribution in [-0.4, -0.2) is 25.5 Å². The zero-order valence-electron chi connectivity index (χ0n) is 17.2. The summed E-state index contributed by atoms with van der Waals surface area (Å²) in [4.78, 5) is 24.3. The highest BCUT2D eigenvalue weighted by molar-refractivity contribution is 5.94. The van der Waals surface area contributed by atoms with Crippen LogP contribution >= 0.6 is 0 Å². The van der Waals surface area contributed by atoms with Gasteiger partial charge in [-0.05, 0) is 36.8 Å². The van der Waals surface area contributed by atoms with Gasteiger partial charge in [-0.15, -0.1) is 0 Å². The molecule has 6 heteroatoms. The van der Waals surface area contributed by atoms with Crippen LogP contribution in [0.25, 0.3) is 0 Å². The maximum absolute atomic E-state index is 12.2. The molecular weight excluding hydrogens is 368 g/mol. The van der Waals surface area contributed by atoms with Crippen molar-refractivity contribution in [1.82, 2.24) is 0 Å². The van der Waals surface area contributed by atoms with Crippen LogP contribution in [0.15, 0.2) is 48.5 Å². The number of carbonyl (C=O) groups is 2. The van der Waals surface area contributed by atoms with Crippen molar-refractivity contribution in [3.63, 3.8) is 0 Å². The van der Waals surface area contributed by atoms with Crippen LogP contribution in [0.2, 0.25) is 0 Å². The van der Waals surface area contributed by atoms with Gasteiger partial charge in [0.2, 0.25) is 5.91 Å². The highest BCUT2D eigenvalue weighted by Crippen LogP contribution is 2.25. The van der Waals surface area contributed by atoms with E-state index in [2.05, 4.69) is 17.6 Å². The van der Waals surface area contributed by atoms with Crippen LogP contribution in [0, 0.1) is 0 Å². The third kappa shape index (κ3) is 8.25. The molecule has 0 radical (unpaired) electrons. The van der Waals surface area contributed by atoms with Gasteiger partial charge in [0.05, 0.1) is 7.11 Å². The van der Waals surface area contributed by atoms with Crippen LogP contribution in [0.4, 0.5) is 11.4 Å². The smallest absolute Gasteiger partial charge is 0.262 e. The Labute approximate surface area is 172 Å². The molecule has 0 atom stereocenters. The van der Waals surface area contributed by atoms with Crippen molar-refractivity contribution in [1.29, 1.82) is 0 Å². The third-order valence-corrected chi connectivity index (χ3v) is 4.37. The van der Waals surface area contributed by atoms with Gasteiger partial charge in [-0.3, -0.25) is 9.59 Å². The normalized spacial score (nSPS) is 10.3. The molecule has 0 aromatic heterocycles. The minimum Gasteiger partial charge on any atom is -0.493 e. The Kier molecular flexibility index (Phi) is 9.55. The average molecular weight is 399 g/mol. The summed E-state index contributed by atoms with van der Waals surface area (Å²) in [6, 6.07) is 14.2. The standard InChI is InChI=1S/C23H30N2O4/c1-3-4-5-6-7-15-22(26)24-18-11-10-12-19(16-18)25-23(27)17-29-21-14-9-8-13-20(21)28-2/h8-14,16H,3-7,15,17H2,1-2H3,(H,24,26)(H,25,27). The summed E-state index contributed by atoms with van der Waals surface area (Å²) < 4.78 is 10.7. The number of amides is 2. The first-order chi connectivity index (χ1) is 14.1.